The van der Waals surface area contributed by atoms with Gasteiger partial charge in [-0.15, -0.1) is 0 Å². The van der Waals surface area contributed by atoms with Crippen LogP contribution in [-0.4, -0.2) is 0 Å². The summed E-state index contributed by atoms with van der Waals surface area (Å²) < 4.78 is 0. The molecule has 0 heteroatoms. The van der Waals surface area contributed by atoms with E-state index in [4.69, 9.17) is 0 Å². The molecule has 0 heterocycles. The van der Waals surface area contributed by atoms with Crippen LogP contribution in [0.3, 0.4) is 0 Å². The summed E-state index contributed by atoms with van der Waals surface area (Å²) in [4.78, 5) is 0. The molecule has 1 radical (unpaired) electrons. The standard InChI is InChI=1S/C20H29/c1-13-2-15-3-14(1)8-19(7-13,9-15)20-10-16-4-17(11-20)6-18(5-16)12-20/h7,13-18H,1-6,8-12H2. The maximum Gasteiger partial charge on any atom is -0.0201 e. The highest BCUT2D eigenvalue weighted by atomic mass is 14.7. The van der Waals surface area contributed by atoms with Crippen molar-refractivity contribution in [3.8, 4) is 0 Å². The van der Waals surface area contributed by atoms with Gasteiger partial charge < -0.3 is 0 Å². The summed E-state index contributed by atoms with van der Waals surface area (Å²) in [5.74, 6) is 6.72. The Morgan fingerprint density at radius 3 is 1.45 bits per heavy atom. The second-order valence-electron chi connectivity index (χ2n) is 10.1. The van der Waals surface area contributed by atoms with Gasteiger partial charge in [-0.05, 0) is 123 Å². The maximum atomic E-state index is 2.98. The minimum atomic E-state index is 0.734. The van der Waals surface area contributed by atoms with Gasteiger partial charge in [0.05, 0.1) is 0 Å². The van der Waals surface area contributed by atoms with Crippen molar-refractivity contribution < 1.29 is 0 Å². The lowest BCUT2D eigenvalue weighted by Gasteiger charge is -2.70. The molecule has 0 amide bonds. The van der Waals surface area contributed by atoms with Gasteiger partial charge in [0.25, 0.3) is 0 Å². The Hall–Kier alpha value is 0. The van der Waals surface area contributed by atoms with Crippen LogP contribution < -0.4 is 0 Å². The fraction of sp³-hybridized carbons (Fsp3) is 0.950. The summed E-state index contributed by atoms with van der Waals surface area (Å²) in [5, 5.41) is 0. The first-order valence-corrected chi connectivity index (χ1v) is 9.58. The summed E-state index contributed by atoms with van der Waals surface area (Å²) >= 11 is 0. The average Bonchev–Trinajstić information content (AvgIpc) is 2.35. The molecule has 2 atom stereocenters. The van der Waals surface area contributed by atoms with E-state index in [-0.39, 0.29) is 0 Å². The molecule has 0 aromatic heterocycles. The van der Waals surface area contributed by atoms with E-state index in [0.717, 1.165) is 46.3 Å². The van der Waals surface area contributed by atoms with Gasteiger partial charge in [-0.1, -0.05) is 0 Å². The molecule has 0 N–H and O–H groups in total. The molecule has 0 saturated heterocycles. The number of hydrogen-bond donors (Lipinski definition) is 0. The summed E-state index contributed by atoms with van der Waals surface area (Å²) in [6.07, 6.45) is 20.7. The van der Waals surface area contributed by atoms with Crippen molar-refractivity contribution in [3.63, 3.8) is 0 Å². The van der Waals surface area contributed by atoms with E-state index in [2.05, 4.69) is 6.42 Å². The molecule has 8 bridgehead atoms. The van der Waals surface area contributed by atoms with Gasteiger partial charge in [-0.3, -0.25) is 0 Å². The van der Waals surface area contributed by atoms with Crippen LogP contribution >= 0.6 is 0 Å². The lowest BCUT2D eigenvalue weighted by atomic mass is 9.35. The molecule has 8 saturated carbocycles. The Bertz CT molecular complexity index is 332. The Labute approximate surface area is 124 Å². The Morgan fingerprint density at radius 2 is 1.00 bits per heavy atom. The molecule has 0 aromatic carbocycles. The van der Waals surface area contributed by atoms with Crippen molar-refractivity contribution in [3.05, 3.63) is 6.42 Å². The van der Waals surface area contributed by atoms with Crippen LogP contribution in [0.5, 0.6) is 0 Å². The van der Waals surface area contributed by atoms with Crippen molar-refractivity contribution in [2.75, 3.05) is 0 Å². The first kappa shape index (κ1) is 11.6. The van der Waals surface area contributed by atoms with E-state index in [9.17, 15) is 0 Å². The van der Waals surface area contributed by atoms with E-state index in [1.54, 1.807) is 70.6 Å². The highest BCUT2D eigenvalue weighted by Gasteiger charge is 2.64. The normalized spacial score (nSPS) is 66.0. The topological polar surface area (TPSA) is 0 Å². The second kappa shape index (κ2) is 3.49. The minimum absolute atomic E-state index is 0.734. The van der Waals surface area contributed by atoms with Crippen molar-refractivity contribution in [2.45, 2.75) is 70.6 Å². The Balaban J connectivity index is 1.44. The quantitative estimate of drug-likeness (QED) is 0.611. The maximum absolute atomic E-state index is 2.98. The van der Waals surface area contributed by atoms with Crippen molar-refractivity contribution in [1.82, 2.24) is 0 Å². The lowest BCUT2D eigenvalue weighted by Crippen LogP contribution is -2.60. The highest BCUT2D eigenvalue weighted by molar-refractivity contribution is 5.20. The molecular weight excluding hydrogens is 240 g/mol. The van der Waals surface area contributed by atoms with Crippen LogP contribution in [-0.2, 0) is 0 Å². The third-order valence-electron chi connectivity index (χ3n) is 8.89. The zero-order valence-electron chi connectivity index (χ0n) is 12.8. The van der Waals surface area contributed by atoms with Crippen LogP contribution in [0.15, 0.2) is 0 Å². The van der Waals surface area contributed by atoms with Gasteiger partial charge in [-0.2, -0.15) is 0 Å². The second-order valence-corrected chi connectivity index (χ2v) is 10.1. The monoisotopic (exact) mass is 269 g/mol. The largest absolute Gasteiger partial charge is 0.0475 e. The third kappa shape index (κ3) is 1.31. The van der Waals surface area contributed by atoms with E-state index < -0.39 is 0 Å². The number of hydrogen-bond acceptors (Lipinski definition) is 0. The van der Waals surface area contributed by atoms with Crippen LogP contribution in [0, 0.1) is 52.8 Å². The van der Waals surface area contributed by atoms with Gasteiger partial charge in [0.1, 0.15) is 0 Å². The zero-order valence-corrected chi connectivity index (χ0v) is 12.8. The van der Waals surface area contributed by atoms with Crippen LogP contribution in [0.2, 0.25) is 0 Å². The molecule has 2 unspecified atom stereocenters. The van der Waals surface area contributed by atoms with Gasteiger partial charge in [0, 0.05) is 0 Å². The van der Waals surface area contributed by atoms with Crippen molar-refractivity contribution in [2.24, 2.45) is 46.3 Å². The molecule has 8 fully saturated rings. The fourth-order valence-corrected chi connectivity index (χ4v) is 9.12. The smallest absolute Gasteiger partial charge is 0.0201 e. The summed E-state index contributed by atoms with van der Waals surface area (Å²) in [6, 6.07) is 0. The first-order chi connectivity index (χ1) is 9.72. The molecule has 109 valence electrons. The Kier molecular flexibility index (Phi) is 2.02. The van der Waals surface area contributed by atoms with Crippen LogP contribution in [0.1, 0.15) is 70.6 Å². The minimum Gasteiger partial charge on any atom is -0.0475 e. The zero-order chi connectivity index (χ0) is 12.9. The molecule has 0 aliphatic heterocycles. The molecular formula is C20H29. The van der Waals surface area contributed by atoms with Gasteiger partial charge in [-0.25, -0.2) is 0 Å². The van der Waals surface area contributed by atoms with Gasteiger partial charge in [0.15, 0.2) is 0 Å². The van der Waals surface area contributed by atoms with E-state index in [1.165, 1.54) is 0 Å². The SMILES string of the molecule is [CH]1C2CC3CC(C2)CC1(C12CC4CC(CC(C4)C1)C2)C3. The van der Waals surface area contributed by atoms with Crippen molar-refractivity contribution in [1.29, 1.82) is 0 Å². The molecule has 8 aliphatic carbocycles. The molecule has 0 aromatic rings. The van der Waals surface area contributed by atoms with Crippen molar-refractivity contribution >= 4 is 0 Å². The molecule has 0 spiro atoms. The average molecular weight is 269 g/mol. The molecule has 0 nitrogen and oxygen atoms in total. The lowest BCUT2D eigenvalue weighted by molar-refractivity contribution is -0.172. The predicted octanol–water partition coefficient (Wildman–Crippen LogP) is 5.23. The fourth-order valence-electron chi connectivity index (χ4n) is 9.12. The highest BCUT2D eigenvalue weighted by Crippen LogP contribution is 2.74. The van der Waals surface area contributed by atoms with Crippen LogP contribution in [0.4, 0.5) is 0 Å². The third-order valence-corrected chi connectivity index (χ3v) is 8.89. The van der Waals surface area contributed by atoms with Crippen LogP contribution in [0.25, 0.3) is 0 Å². The summed E-state index contributed by atoms with van der Waals surface area (Å²) in [7, 11) is 0. The molecule has 20 heavy (non-hydrogen) atoms. The summed E-state index contributed by atoms with van der Waals surface area (Å²) in [5.41, 5.74) is 1.54. The number of rotatable bonds is 1. The van der Waals surface area contributed by atoms with E-state index in [1.807, 2.05) is 0 Å². The molecule has 8 rings (SSSR count). The predicted molar refractivity (Wildman–Crippen MR) is 80.9 cm³/mol. The first-order valence-electron chi connectivity index (χ1n) is 9.58. The van der Waals surface area contributed by atoms with Gasteiger partial charge in [0.2, 0.25) is 0 Å². The van der Waals surface area contributed by atoms with E-state index in [0.29, 0.717) is 0 Å². The Morgan fingerprint density at radius 1 is 0.550 bits per heavy atom. The van der Waals surface area contributed by atoms with Gasteiger partial charge >= 0.3 is 0 Å². The summed E-state index contributed by atoms with van der Waals surface area (Å²) in [6.45, 7) is 0. The van der Waals surface area contributed by atoms with E-state index >= 15 is 0 Å². The molecule has 8 aliphatic rings.